The van der Waals surface area contributed by atoms with E-state index in [0.717, 1.165) is 11.3 Å². The van der Waals surface area contributed by atoms with E-state index in [2.05, 4.69) is 15.2 Å². The van der Waals surface area contributed by atoms with E-state index < -0.39 is 11.7 Å². The first kappa shape index (κ1) is 32.7. The van der Waals surface area contributed by atoms with Crippen LogP contribution in [0.15, 0.2) is 42.6 Å². The van der Waals surface area contributed by atoms with Crippen LogP contribution in [0.25, 0.3) is 16.8 Å². The average Bonchev–Trinajstić information content (AvgIpc) is 3.34. The topological polar surface area (TPSA) is 125 Å². The molecule has 13 heteroatoms. The Kier molecular flexibility index (Phi) is 9.20. The lowest BCUT2D eigenvalue weighted by Gasteiger charge is -2.35. The monoisotopic (exact) mass is 646 g/mol. The van der Waals surface area contributed by atoms with Crippen LogP contribution in [-0.4, -0.2) is 81.2 Å². The summed E-state index contributed by atoms with van der Waals surface area (Å²) in [6, 6.07) is 10.8. The lowest BCUT2D eigenvalue weighted by Crippen LogP contribution is -2.48. The zero-order valence-electron chi connectivity index (χ0n) is 27.2. The van der Waals surface area contributed by atoms with Gasteiger partial charge >= 0.3 is 6.09 Å². The number of carbonyl (C=O) groups is 3. The number of amides is 3. The maximum atomic E-state index is 14.0. The molecule has 1 N–H and O–H groups in total. The Labute approximate surface area is 273 Å². The van der Waals surface area contributed by atoms with Crippen LogP contribution >= 0.6 is 11.6 Å². The molecule has 12 nitrogen and oxygen atoms in total. The molecule has 4 heterocycles. The molecule has 1 aliphatic heterocycles. The SMILES string of the molecule is CNC(=O)c1cc(-c2c(C)nn3c(N(Cc4ccnc(C)c4)C(=O)OC(C)(C)C)cc(N4CCN(C(C)=O)CC4)nc23)ccc1Cl. The standard InChI is InChI=1S/C33H39ClN8O4/c1-20-16-23(10-11-36-20)19-41(32(45)46-33(4,5)6)28-18-27(40-14-12-39(13-15-40)22(3)43)37-30-29(21(2)38-42(28)30)24-8-9-26(34)25(17-24)31(44)35-7/h8-11,16-18H,12-15,19H2,1-7H3,(H,35,44). The normalized spacial score (nSPS) is 13.6. The van der Waals surface area contributed by atoms with Gasteiger partial charge in [-0.15, -0.1) is 0 Å². The smallest absolute Gasteiger partial charge is 0.416 e. The number of aromatic nitrogens is 4. The van der Waals surface area contributed by atoms with E-state index >= 15 is 0 Å². The second-order valence-corrected chi connectivity index (χ2v) is 12.7. The van der Waals surface area contributed by atoms with Gasteiger partial charge in [0, 0.05) is 63.7 Å². The van der Waals surface area contributed by atoms with Gasteiger partial charge in [-0.3, -0.25) is 19.5 Å². The fraction of sp³-hybridized carbons (Fsp3) is 0.394. The lowest BCUT2D eigenvalue weighted by molar-refractivity contribution is -0.129. The number of nitrogens with zero attached hydrogens (tertiary/aromatic N) is 7. The number of carbonyl (C=O) groups excluding carboxylic acids is 3. The molecule has 0 radical (unpaired) electrons. The molecular weight excluding hydrogens is 608 g/mol. The third-order valence-electron chi connectivity index (χ3n) is 7.70. The molecule has 0 aliphatic carbocycles. The highest BCUT2D eigenvalue weighted by Crippen LogP contribution is 2.35. The fourth-order valence-corrected chi connectivity index (χ4v) is 5.67. The molecule has 0 saturated carbocycles. The molecule has 4 aromatic rings. The Morgan fingerprint density at radius 1 is 1.04 bits per heavy atom. The molecule has 242 valence electrons. The van der Waals surface area contributed by atoms with Crippen molar-refractivity contribution >= 4 is 46.8 Å². The summed E-state index contributed by atoms with van der Waals surface area (Å²) >= 11 is 6.40. The zero-order chi connectivity index (χ0) is 33.3. The summed E-state index contributed by atoms with van der Waals surface area (Å²) in [4.78, 5) is 53.5. The van der Waals surface area contributed by atoms with Gasteiger partial charge in [-0.25, -0.2) is 9.78 Å². The molecule has 0 atom stereocenters. The van der Waals surface area contributed by atoms with E-state index in [1.54, 1.807) is 46.6 Å². The number of fused-ring (bicyclic) bond motifs is 1. The molecule has 5 rings (SSSR count). The highest BCUT2D eigenvalue weighted by Gasteiger charge is 2.30. The first-order chi connectivity index (χ1) is 21.8. The predicted octanol–water partition coefficient (Wildman–Crippen LogP) is 5.03. The summed E-state index contributed by atoms with van der Waals surface area (Å²) in [6.07, 6.45) is 1.16. The summed E-state index contributed by atoms with van der Waals surface area (Å²) in [7, 11) is 1.55. The third-order valence-corrected chi connectivity index (χ3v) is 8.03. The number of piperazine rings is 1. The fourth-order valence-electron chi connectivity index (χ4n) is 5.47. The van der Waals surface area contributed by atoms with Crippen molar-refractivity contribution in [2.24, 2.45) is 0 Å². The summed E-state index contributed by atoms with van der Waals surface area (Å²) in [6.45, 7) is 13.2. The second kappa shape index (κ2) is 13.0. The van der Waals surface area contributed by atoms with Crippen LogP contribution in [0.4, 0.5) is 16.4 Å². The van der Waals surface area contributed by atoms with E-state index in [4.69, 9.17) is 26.4 Å². The summed E-state index contributed by atoms with van der Waals surface area (Å²) < 4.78 is 7.56. The molecule has 46 heavy (non-hydrogen) atoms. The van der Waals surface area contributed by atoms with E-state index in [9.17, 15) is 14.4 Å². The number of anilines is 2. The minimum atomic E-state index is -0.758. The second-order valence-electron chi connectivity index (χ2n) is 12.3. The number of nitrogens with one attached hydrogen (secondary N) is 1. The number of benzene rings is 1. The van der Waals surface area contributed by atoms with Crippen LogP contribution in [-0.2, 0) is 16.1 Å². The van der Waals surface area contributed by atoms with Crippen LogP contribution in [0.3, 0.4) is 0 Å². The van der Waals surface area contributed by atoms with E-state index in [0.29, 0.717) is 70.9 Å². The van der Waals surface area contributed by atoms with Crippen molar-refractivity contribution in [3.8, 4) is 11.1 Å². The van der Waals surface area contributed by atoms with Gasteiger partial charge in [-0.2, -0.15) is 9.61 Å². The maximum Gasteiger partial charge on any atom is 0.416 e. The van der Waals surface area contributed by atoms with E-state index in [-0.39, 0.29) is 18.4 Å². The van der Waals surface area contributed by atoms with Gasteiger partial charge in [0.15, 0.2) is 5.65 Å². The van der Waals surface area contributed by atoms with Crippen molar-refractivity contribution in [3.05, 3.63) is 70.1 Å². The van der Waals surface area contributed by atoms with Crippen molar-refractivity contribution in [3.63, 3.8) is 0 Å². The molecule has 1 fully saturated rings. The lowest BCUT2D eigenvalue weighted by atomic mass is 10.0. The number of hydrogen-bond acceptors (Lipinski definition) is 8. The van der Waals surface area contributed by atoms with Gasteiger partial charge < -0.3 is 19.9 Å². The highest BCUT2D eigenvalue weighted by atomic mass is 35.5. The van der Waals surface area contributed by atoms with E-state index in [1.807, 2.05) is 58.9 Å². The van der Waals surface area contributed by atoms with Crippen LogP contribution in [0.5, 0.6) is 0 Å². The van der Waals surface area contributed by atoms with Crippen LogP contribution < -0.4 is 15.1 Å². The molecule has 0 bridgehead atoms. The highest BCUT2D eigenvalue weighted by molar-refractivity contribution is 6.34. The molecule has 3 aromatic heterocycles. The van der Waals surface area contributed by atoms with Gasteiger partial charge in [0.2, 0.25) is 5.91 Å². The average molecular weight is 647 g/mol. The number of ether oxygens (including phenoxy) is 1. The van der Waals surface area contributed by atoms with E-state index in [1.165, 1.54) is 0 Å². The predicted molar refractivity (Wildman–Crippen MR) is 177 cm³/mol. The Morgan fingerprint density at radius 3 is 2.39 bits per heavy atom. The van der Waals surface area contributed by atoms with Gasteiger partial charge in [0.25, 0.3) is 5.91 Å². The van der Waals surface area contributed by atoms with Crippen LogP contribution in [0.1, 0.15) is 55.0 Å². The Morgan fingerprint density at radius 2 is 1.76 bits per heavy atom. The Bertz CT molecular complexity index is 1810. The Balaban J connectivity index is 1.73. The zero-order valence-corrected chi connectivity index (χ0v) is 28.0. The van der Waals surface area contributed by atoms with Crippen molar-refractivity contribution in [2.75, 3.05) is 43.0 Å². The molecule has 1 saturated heterocycles. The number of rotatable bonds is 6. The Hall–Kier alpha value is -4.71. The van der Waals surface area contributed by atoms with Crippen molar-refractivity contribution in [1.82, 2.24) is 29.8 Å². The van der Waals surface area contributed by atoms with Gasteiger partial charge in [-0.1, -0.05) is 17.7 Å². The molecule has 1 aliphatic rings. The van der Waals surface area contributed by atoms with Crippen LogP contribution in [0, 0.1) is 13.8 Å². The molecule has 0 unspecified atom stereocenters. The molecule has 0 spiro atoms. The maximum absolute atomic E-state index is 14.0. The summed E-state index contributed by atoms with van der Waals surface area (Å²) in [5, 5.41) is 7.83. The third kappa shape index (κ3) is 6.91. The first-order valence-corrected chi connectivity index (χ1v) is 15.5. The summed E-state index contributed by atoms with van der Waals surface area (Å²) in [5.74, 6) is 0.776. The summed E-state index contributed by atoms with van der Waals surface area (Å²) in [5.41, 5.74) is 3.75. The van der Waals surface area contributed by atoms with Crippen LogP contribution in [0.2, 0.25) is 5.02 Å². The number of hydrogen-bond donors (Lipinski definition) is 1. The molecular formula is C33H39ClN8O4. The van der Waals surface area contributed by atoms with Gasteiger partial charge in [0.05, 0.1) is 22.8 Å². The van der Waals surface area contributed by atoms with Crippen molar-refractivity contribution < 1.29 is 19.1 Å². The minimum absolute atomic E-state index is 0.0239. The first-order valence-electron chi connectivity index (χ1n) is 15.1. The number of halogens is 1. The van der Waals surface area contributed by atoms with Gasteiger partial charge in [-0.05, 0) is 70.0 Å². The number of pyridine rings is 1. The van der Waals surface area contributed by atoms with Crippen molar-refractivity contribution in [2.45, 2.75) is 53.7 Å². The van der Waals surface area contributed by atoms with Crippen molar-refractivity contribution in [1.29, 1.82) is 0 Å². The van der Waals surface area contributed by atoms with Gasteiger partial charge in [0.1, 0.15) is 17.2 Å². The molecule has 1 aromatic carbocycles. The minimum Gasteiger partial charge on any atom is -0.443 e. The largest absolute Gasteiger partial charge is 0.443 e. The number of aryl methyl sites for hydroxylation is 2. The molecule has 3 amide bonds. The quantitative estimate of drug-likeness (QED) is 0.309.